The summed E-state index contributed by atoms with van der Waals surface area (Å²) >= 11 is 0. The molecule has 0 atom stereocenters. The summed E-state index contributed by atoms with van der Waals surface area (Å²) in [6.07, 6.45) is 1.59. The van der Waals surface area contributed by atoms with Gasteiger partial charge in [-0.2, -0.15) is 5.26 Å². The van der Waals surface area contributed by atoms with Crippen molar-refractivity contribution in [1.82, 2.24) is 4.57 Å². The number of ether oxygens (including phenoxy) is 1. The Labute approximate surface area is 136 Å². The number of nitriles is 1. The van der Waals surface area contributed by atoms with Gasteiger partial charge in [0.15, 0.2) is 0 Å². The highest BCUT2D eigenvalue weighted by molar-refractivity contribution is 5.98. The van der Waals surface area contributed by atoms with Crippen LogP contribution in [0.3, 0.4) is 0 Å². The monoisotopic (exact) mass is 308 g/mol. The molecular formula is C19H20N2O2. The van der Waals surface area contributed by atoms with Gasteiger partial charge in [-0.05, 0) is 63.1 Å². The predicted molar refractivity (Wildman–Crippen MR) is 90.2 cm³/mol. The summed E-state index contributed by atoms with van der Waals surface area (Å²) in [6.45, 7) is 7.99. The van der Waals surface area contributed by atoms with E-state index < -0.39 is 5.97 Å². The Morgan fingerprint density at radius 3 is 2.65 bits per heavy atom. The summed E-state index contributed by atoms with van der Waals surface area (Å²) in [5.41, 5.74) is 5.11. The summed E-state index contributed by atoms with van der Waals surface area (Å²) in [6, 6.07) is 12.1. The molecule has 0 aliphatic heterocycles. The first-order chi connectivity index (χ1) is 11.0. The minimum absolute atomic E-state index is 0.0105. The van der Waals surface area contributed by atoms with Gasteiger partial charge < -0.3 is 9.30 Å². The molecule has 0 aliphatic carbocycles. The van der Waals surface area contributed by atoms with Crippen LogP contribution in [0.5, 0.6) is 0 Å². The molecule has 0 saturated carbocycles. The minimum atomic E-state index is -0.588. The lowest BCUT2D eigenvalue weighted by Crippen LogP contribution is -2.06. The molecule has 0 fully saturated rings. The van der Waals surface area contributed by atoms with Crippen LogP contribution in [0.1, 0.15) is 29.4 Å². The fourth-order valence-electron chi connectivity index (χ4n) is 2.60. The molecule has 23 heavy (non-hydrogen) atoms. The second-order valence-corrected chi connectivity index (χ2v) is 5.39. The first-order valence-corrected chi connectivity index (χ1v) is 7.52. The van der Waals surface area contributed by atoms with Crippen LogP contribution in [-0.2, 0) is 9.53 Å². The molecule has 0 saturated heterocycles. The maximum atomic E-state index is 11.8. The van der Waals surface area contributed by atoms with E-state index in [9.17, 15) is 10.1 Å². The zero-order valence-corrected chi connectivity index (χ0v) is 13.9. The Bertz CT molecular complexity index is 807. The van der Waals surface area contributed by atoms with E-state index in [-0.39, 0.29) is 12.2 Å². The highest BCUT2D eigenvalue weighted by Gasteiger charge is 2.14. The standard InChI is InChI=1S/C19H20N2O2/c1-5-23-19(22)17(12-20)11-16-10-14(3)21(15(16)4)18-8-6-7-13(2)9-18/h6-11H,5H2,1-4H3/b17-11+. The molecule has 4 heteroatoms. The van der Waals surface area contributed by atoms with Crippen LogP contribution in [0.25, 0.3) is 11.8 Å². The van der Waals surface area contributed by atoms with Crippen LogP contribution in [0.2, 0.25) is 0 Å². The summed E-state index contributed by atoms with van der Waals surface area (Å²) < 4.78 is 7.02. The van der Waals surface area contributed by atoms with Gasteiger partial charge in [-0.1, -0.05) is 12.1 Å². The molecule has 1 aromatic heterocycles. The highest BCUT2D eigenvalue weighted by atomic mass is 16.5. The van der Waals surface area contributed by atoms with E-state index in [1.165, 1.54) is 5.56 Å². The molecule has 1 aromatic carbocycles. The first kappa shape index (κ1) is 16.6. The average molecular weight is 308 g/mol. The lowest BCUT2D eigenvalue weighted by atomic mass is 10.1. The molecule has 0 N–H and O–H groups in total. The van der Waals surface area contributed by atoms with Crippen LogP contribution in [0.15, 0.2) is 35.9 Å². The van der Waals surface area contributed by atoms with E-state index in [0.717, 1.165) is 22.6 Å². The highest BCUT2D eigenvalue weighted by Crippen LogP contribution is 2.23. The summed E-state index contributed by atoms with van der Waals surface area (Å²) in [5.74, 6) is -0.588. The third-order valence-corrected chi connectivity index (χ3v) is 3.65. The first-order valence-electron chi connectivity index (χ1n) is 7.52. The summed E-state index contributed by atoms with van der Waals surface area (Å²) in [5, 5.41) is 9.18. The molecule has 0 amide bonds. The fourth-order valence-corrected chi connectivity index (χ4v) is 2.60. The van der Waals surface area contributed by atoms with Crippen molar-refractivity contribution in [3.8, 4) is 11.8 Å². The Kier molecular flexibility index (Phi) is 5.02. The number of esters is 1. The van der Waals surface area contributed by atoms with Gasteiger partial charge in [0.1, 0.15) is 11.6 Å². The number of carbonyl (C=O) groups is 1. The van der Waals surface area contributed by atoms with E-state index in [0.29, 0.717) is 0 Å². The maximum Gasteiger partial charge on any atom is 0.348 e. The number of nitrogens with zero attached hydrogens (tertiary/aromatic N) is 2. The van der Waals surface area contributed by atoms with E-state index in [2.05, 4.69) is 10.6 Å². The maximum absolute atomic E-state index is 11.8. The predicted octanol–water partition coefficient (Wildman–Crippen LogP) is 3.87. The lowest BCUT2D eigenvalue weighted by molar-refractivity contribution is -0.137. The van der Waals surface area contributed by atoms with Crippen molar-refractivity contribution in [3.63, 3.8) is 0 Å². The van der Waals surface area contributed by atoms with Gasteiger partial charge in [0, 0.05) is 17.1 Å². The van der Waals surface area contributed by atoms with Gasteiger partial charge in [-0.25, -0.2) is 4.79 Å². The molecule has 0 aliphatic rings. The average Bonchev–Trinajstić information content (AvgIpc) is 2.79. The molecule has 0 spiro atoms. The van der Waals surface area contributed by atoms with Gasteiger partial charge in [-0.15, -0.1) is 0 Å². The number of hydrogen-bond acceptors (Lipinski definition) is 3. The normalized spacial score (nSPS) is 11.2. The number of rotatable bonds is 4. The van der Waals surface area contributed by atoms with Crippen LogP contribution < -0.4 is 0 Å². The van der Waals surface area contributed by atoms with Gasteiger partial charge in [0.25, 0.3) is 0 Å². The number of hydrogen-bond donors (Lipinski definition) is 0. The zero-order valence-electron chi connectivity index (χ0n) is 13.9. The van der Waals surface area contributed by atoms with E-state index in [1.54, 1.807) is 13.0 Å². The number of benzene rings is 1. The second kappa shape index (κ2) is 6.97. The van der Waals surface area contributed by atoms with Crippen molar-refractivity contribution >= 4 is 12.0 Å². The zero-order chi connectivity index (χ0) is 17.0. The Balaban J connectivity index is 2.50. The molecule has 118 valence electrons. The van der Waals surface area contributed by atoms with Crippen LogP contribution >= 0.6 is 0 Å². The Morgan fingerprint density at radius 1 is 1.30 bits per heavy atom. The van der Waals surface area contributed by atoms with E-state index in [1.807, 2.05) is 51.1 Å². The number of aryl methyl sites for hydroxylation is 2. The second-order valence-electron chi connectivity index (χ2n) is 5.39. The number of aromatic nitrogens is 1. The smallest absolute Gasteiger partial charge is 0.348 e. The van der Waals surface area contributed by atoms with E-state index >= 15 is 0 Å². The van der Waals surface area contributed by atoms with E-state index in [4.69, 9.17) is 4.74 Å². The fraction of sp³-hybridized carbons (Fsp3) is 0.263. The molecule has 0 bridgehead atoms. The van der Waals surface area contributed by atoms with Crippen molar-refractivity contribution in [1.29, 1.82) is 5.26 Å². The lowest BCUT2D eigenvalue weighted by Gasteiger charge is -2.10. The SMILES string of the molecule is CCOC(=O)/C(C#N)=C/c1cc(C)n(-c2cccc(C)c2)c1C. The molecule has 0 radical (unpaired) electrons. The van der Waals surface area contributed by atoms with Crippen molar-refractivity contribution in [2.75, 3.05) is 6.61 Å². The molecule has 2 rings (SSSR count). The molecule has 0 unspecified atom stereocenters. The Morgan fingerprint density at radius 2 is 2.04 bits per heavy atom. The molecular weight excluding hydrogens is 288 g/mol. The van der Waals surface area contributed by atoms with Crippen LogP contribution in [0, 0.1) is 32.1 Å². The van der Waals surface area contributed by atoms with Crippen LogP contribution in [-0.4, -0.2) is 17.1 Å². The van der Waals surface area contributed by atoms with Gasteiger partial charge in [0.05, 0.1) is 6.61 Å². The van der Waals surface area contributed by atoms with Crippen molar-refractivity contribution < 1.29 is 9.53 Å². The van der Waals surface area contributed by atoms with Crippen molar-refractivity contribution in [3.05, 3.63) is 58.4 Å². The molecule has 1 heterocycles. The minimum Gasteiger partial charge on any atom is -0.462 e. The number of carbonyl (C=O) groups excluding carboxylic acids is 1. The van der Waals surface area contributed by atoms with Crippen LogP contribution in [0.4, 0.5) is 0 Å². The Hall–Kier alpha value is -2.80. The van der Waals surface area contributed by atoms with Crippen molar-refractivity contribution in [2.24, 2.45) is 0 Å². The van der Waals surface area contributed by atoms with Crippen molar-refractivity contribution in [2.45, 2.75) is 27.7 Å². The third kappa shape index (κ3) is 3.51. The molecule has 4 nitrogen and oxygen atoms in total. The van der Waals surface area contributed by atoms with Gasteiger partial charge in [0.2, 0.25) is 0 Å². The summed E-state index contributed by atoms with van der Waals surface area (Å²) in [7, 11) is 0. The largest absolute Gasteiger partial charge is 0.462 e. The quantitative estimate of drug-likeness (QED) is 0.489. The third-order valence-electron chi connectivity index (χ3n) is 3.65. The summed E-state index contributed by atoms with van der Waals surface area (Å²) in [4.78, 5) is 11.8. The molecule has 2 aromatic rings. The van der Waals surface area contributed by atoms with Gasteiger partial charge in [-0.3, -0.25) is 0 Å². The topological polar surface area (TPSA) is 55.0 Å². The van der Waals surface area contributed by atoms with Gasteiger partial charge >= 0.3 is 5.97 Å².